The first-order chi connectivity index (χ1) is 15.0. The molecule has 0 heterocycles. The number of carbonyl (C=O) groups excluding carboxylic acids is 3. The van der Waals surface area contributed by atoms with Crippen molar-refractivity contribution < 1.29 is 14.4 Å². The molecule has 0 aromatic heterocycles. The van der Waals surface area contributed by atoms with Crippen LogP contribution >= 0.6 is 0 Å². The van der Waals surface area contributed by atoms with E-state index in [0.717, 1.165) is 18.4 Å². The van der Waals surface area contributed by atoms with Crippen LogP contribution in [0.15, 0.2) is 24.3 Å². The van der Waals surface area contributed by atoms with Crippen molar-refractivity contribution >= 4 is 17.5 Å². The maximum absolute atomic E-state index is 12.1. The lowest BCUT2D eigenvalue weighted by atomic mass is 10.0. The predicted molar refractivity (Wildman–Crippen MR) is 128 cm³/mol. The fourth-order valence-corrected chi connectivity index (χ4v) is 3.69. The van der Waals surface area contributed by atoms with Crippen molar-refractivity contribution in [1.29, 1.82) is 0 Å². The fourth-order valence-electron chi connectivity index (χ4n) is 3.69. The molecule has 0 aliphatic heterocycles. The number of ketones is 2. The van der Waals surface area contributed by atoms with E-state index in [0.29, 0.717) is 12.1 Å². The van der Waals surface area contributed by atoms with Gasteiger partial charge in [-0.25, -0.2) is 0 Å². The molecular formula is C27H43NO3. The molecular weight excluding hydrogens is 386 g/mol. The Bertz CT molecular complexity index is 636. The average molecular weight is 430 g/mol. The third-order valence-corrected chi connectivity index (χ3v) is 5.76. The number of nitrogens with one attached hydrogen (secondary N) is 1. The Morgan fingerprint density at radius 2 is 1.13 bits per heavy atom. The van der Waals surface area contributed by atoms with E-state index in [2.05, 4.69) is 12.2 Å². The molecule has 1 aromatic carbocycles. The highest BCUT2D eigenvalue weighted by Crippen LogP contribution is 2.13. The summed E-state index contributed by atoms with van der Waals surface area (Å²) >= 11 is 0. The first-order valence-corrected chi connectivity index (χ1v) is 12.5. The second-order valence-corrected chi connectivity index (χ2v) is 8.74. The number of rotatable bonds is 19. The highest BCUT2D eigenvalue weighted by Gasteiger charge is 2.18. The summed E-state index contributed by atoms with van der Waals surface area (Å²) in [6, 6.07) is 7.04. The number of aryl methyl sites for hydroxylation is 1. The standard InChI is InChI=1S/C27H43NO3/c1-3-4-5-6-7-8-9-10-11-12-13-14-15-16-21-28-27(31)26(30)22-25(29)24-19-17-23(2)18-20-24/h17-20H,3-16,21-22H2,1-2H3,(H,28,31). The van der Waals surface area contributed by atoms with E-state index < -0.39 is 11.7 Å². The van der Waals surface area contributed by atoms with Crippen LogP contribution in [-0.4, -0.2) is 24.0 Å². The number of amides is 1. The van der Waals surface area contributed by atoms with Gasteiger partial charge in [-0.2, -0.15) is 0 Å². The van der Waals surface area contributed by atoms with Gasteiger partial charge in [0.25, 0.3) is 5.91 Å². The molecule has 0 unspecified atom stereocenters. The fraction of sp³-hybridized carbons (Fsp3) is 0.667. The van der Waals surface area contributed by atoms with Gasteiger partial charge >= 0.3 is 0 Å². The molecule has 0 aliphatic carbocycles. The molecule has 0 saturated carbocycles. The zero-order chi connectivity index (χ0) is 22.7. The molecule has 0 bridgehead atoms. The van der Waals surface area contributed by atoms with Crippen LogP contribution in [0.25, 0.3) is 0 Å². The lowest BCUT2D eigenvalue weighted by molar-refractivity contribution is -0.137. The van der Waals surface area contributed by atoms with Crippen molar-refractivity contribution in [3.05, 3.63) is 35.4 Å². The normalized spacial score (nSPS) is 10.8. The SMILES string of the molecule is CCCCCCCCCCCCCCCCNC(=O)C(=O)CC(=O)c1ccc(C)cc1. The number of carbonyl (C=O) groups is 3. The van der Waals surface area contributed by atoms with Crippen molar-refractivity contribution in [3.63, 3.8) is 0 Å². The zero-order valence-electron chi connectivity index (χ0n) is 19.8. The molecule has 1 aromatic rings. The smallest absolute Gasteiger partial charge is 0.287 e. The van der Waals surface area contributed by atoms with Gasteiger partial charge in [-0.15, -0.1) is 0 Å². The second-order valence-electron chi connectivity index (χ2n) is 8.74. The third kappa shape index (κ3) is 13.9. The Balaban J connectivity index is 1.94. The molecule has 0 aliphatic rings. The van der Waals surface area contributed by atoms with Crippen LogP contribution in [0.2, 0.25) is 0 Å². The van der Waals surface area contributed by atoms with Gasteiger partial charge in [0.1, 0.15) is 0 Å². The van der Waals surface area contributed by atoms with E-state index in [9.17, 15) is 14.4 Å². The molecule has 174 valence electrons. The molecule has 1 N–H and O–H groups in total. The minimum Gasteiger partial charge on any atom is -0.349 e. The van der Waals surface area contributed by atoms with Gasteiger partial charge in [-0.3, -0.25) is 14.4 Å². The van der Waals surface area contributed by atoms with Crippen molar-refractivity contribution in [2.45, 2.75) is 110 Å². The van der Waals surface area contributed by atoms with Crippen LogP contribution in [0.5, 0.6) is 0 Å². The summed E-state index contributed by atoms with van der Waals surface area (Å²) in [5.41, 5.74) is 1.52. The molecule has 4 nitrogen and oxygen atoms in total. The number of hydrogen-bond donors (Lipinski definition) is 1. The van der Waals surface area contributed by atoms with Gasteiger partial charge in [0.05, 0.1) is 6.42 Å². The third-order valence-electron chi connectivity index (χ3n) is 5.76. The number of benzene rings is 1. The summed E-state index contributed by atoms with van der Waals surface area (Å²) in [7, 11) is 0. The van der Waals surface area contributed by atoms with Gasteiger partial charge in [0.15, 0.2) is 5.78 Å². The first kappa shape index (κ1) is 27.1. The highest BCUT2D eigenvalue weighted by molar-refractivity contribution is 6.40. The Kier molecular flexibility index (Phi) is 15.4. The Hall–Kier alpha value is -1.97. The molecule has 0 saturated heterocycles. The van der Waals surface area contributed by atoms with E-state index in [1.807, 2.05) is 19.1 Å². The van der Waals surface area contributed by atoms with E-state index in [1.165, 1.54) is 77.0 Å². The lowest BCUT2D eigenvalue weighted by Crippen LogP contribution is -2.32. The summed E-state index contributed by atoms with van der Waals surface area (Å²) in [5.74, 6) is -1.61. The summed E-state index contributed by atoms with van der Waals surface area (Å²) < 4.78 is 0. The monoisotopic (exact) mass is 429 g/mol. The van der Waals surface area contributed by atoms with Crippen molar-refractivity contribution in [1.82, 2.24) is 5.32 Å². The van der Waals surface area contributed by atoms with E-state index >= 15 is 0 Å². The van der Waals surface area contributed by atoms with E-state index in [-0.39, 0.29) is 12.2 Å². The molecule has 1 rings (SSSR count). The first-order valence-electron chi connectivity index (χ1n) is 12.5. The topological polar surface area (TPSA) is 63.2 Å². The molecule has 0 atom stereocenters. The van der Waals surface area contributed by atoms with E-state index in [4.69, 9.17) is 0 Å². The Morgan fingerprint density at radius 3 is 1.61 bits per heavy atom. The van der Waals surface area contributed by atoms with Crippen molar-refractivity contribution in [2.24, 2.45) is 0 Å². The van der Waals surface area contributed by atoms with Gasteiger partial charge in [0.2, 0.25) is 5.78 Å². The van der Waals surface area contributed by atoms with Crippen LogP contribution in [0.4, 0.5) is 0 Å². The summed E-state index contributed by atoms with van der Waals surface area (Å²) in [6.07, 6.45) is 17.6. The molecule has 4 heteroatoms. The summed E-state index contributed by atoms with van der Waals surface area (Å²) in [5, 5.41) is 2.65. The predicted octanol–water partition coefficient (Wildman–Crippen LogP) is 6.73. The average Bonchev–Trinajstić information content (AvgIpc) is 2.76. The second kappa shape index (κ2) is 17.7. The minimum atomic E-state index is -0.657. The molecule has 1 amide bonds. The van der Waals surface area contributed by atoms with Crippen LogP contribution in [-0.2, 0) is 9.59 Å². The molecule has 31 heavy (non-hydrogen) atoms. The molecule has 0 radical (unpaired) electrons. The minimum absolute atomic E-state index is 0.309. The largest absolute Gasteiger partial charge is 0.349 e. The molecule has 0 spiro atoms. The van der Waals surface area contributed by atoms with Crippen molar-refractivity contribution in [3.8, 4) is 0 Å². The van der Waals surface area contributed by atoms with E-state index in [1.54, 1.807) is 12.1 Å². The number of Topliss-reactive ketones (excluding diaryl/α,β-unsaturated/α-hetero) is 2. The Labute approximate surface area is 189 Å². The van der Waals surface area contributed by atoms with Gasteiger partial charge < -0.3 is 5.32 Å². The highest BCUT2D eigenvalue weighted by atomic mass is 16.2. The summed E-state index contributed by atoms with van der Waals surface area (Å²) in [4.78, 5) is 35.9. The molecule has 0 fully saturated rings. The number of hydrogen-bond acceptors (Lipinski definition) is 3. The maximum atomic E-state index is 12.1. The van der Waals surface area contributed by atoms with Crippen LogP contribution in [0, 0.1) is 6.92 Å². The van der Waals surface area contributed by atoms with Gasteiger partial charge in [-0.05, 0) is 13.3 Å². The lowest BCUT2D eigenvalue weighted by Gasteiger charge is -2.05. The van der Waals surface area contributed by atoms with Crippen LogP contribution < -0.4 is 5.32 Å². The maximum Gasteiger partial charge on any atom is 0.287 e. The quantitative estimate of drug-likeness (QED) is 0.115. The number of unbranched alkanes of at least 4 members (excludes halogenated alkanes) is 13. The summed E-state index contributed by atoms with van der Waals surface area (Å²) in [6.45, 7) is 4.69. The van der Waals surface area contributed by atoms with Crippen molar-refractivity contribution in [2.75, 3.05) is 6.54 Å². The van der Waals surface area contributed by atoms with Gasteiger partial charge in [0, 0.05) is 12.1 Å². The Morgan fingerprint density at radius 1 is 0.677 bits per heavy atom. The van der Waals surface area contributed by atoms with Gasteiger partial charge in [-0.1, -0.05) is 120 Å². The zero-order valence-corrected chi connectivity index (χ0v) is 19.8. The van der Waals surface area contributed by atoms with Crippen LogP contribution in [0.3, 0.4) is 0 Å². The van der Waals surface area contributed by atoms with Crippen LogP contribution in [0.1, 0.15) is 119 Å².